The summed E-state index contributed by atoms with van der Waals surface area (Å²) in [7, 11) is 4.54. The standard InChI is InChI=1S/C19H27NO5/c1-18(2)13(9-10-19(18,3)17(21)25-6)16(20-22)12-7-8-14(23-4)15(11-12)24-5/h7-8,11,13,22H,9-10H2,1-6H3/b20-16+. The first-order valence-corrected chi connectivity index (χ1v) is 8.29. The minimum Gasteiger partial charge on any atom is -0.493 e. The van der Waals surface area contributed by atoms with Gasteiger partial charge in [-0.25, -0.2) is 0 Å². The van der Waals surface area contributed by atoms with Gasteiger partial charge >= 0.3 is 5.97 Å². The van der Waals surface area contributed by atoms with Gasteiger partial charge in [-0.05, 0) is 43.4 Å². The van der Waals surface area contributed by atoms with Crippen LogP contribution >= 0.6 is 0 Å². The number of oxime groups is 1. The predicted molar refractivity (Wildman–Crippen MR) is 94.5 cm³/mol. The van der Waals surface area contributed by atoms with Gasteiger partial charge in [-0.1, -0.05) is 19.0 Å². The zero-order chi connectivity index (χ0) is 18.8. The van der Waals surface area contributed by atoms with E-state index in [0.717, 1.165) is 12.0 Å². The highest BCUT2D eigenvalue weighted by molar-refractivity contribution is 6.03. The normalized spacial score (nSPS) is 25.5. The third kappa shape index (κ3) is 2.94. The number of methoxy groups -OCH3 is 3. The van der Waals surface area contributed by atoms with Gasteiger partial charge in [-0.3, -0.25) is 4.79 Å². The van der Waals surface area contributed by atoms with E-state index in [2.05, 4.69) is 5.16 Å². The molecule has 0 heterocycles. The molecule has 0 bridgehead atoms. The van der Waals surface area contributed by atoms with E-state index in [0.29, 0.717) is 23.6 Å². The number of benzene rings is 1. The second kappa shape index (κ2) is 6.94. The molecule has 1 aliphatic rings. The van der Waals surface area contributed by atoms with Crippen molar-refractivity contribution in [1.82, 2.24) is 0 Å². The van der Waals surface area contributed by atoms with Crippen LogP contribution in [0.15, 0.2) is 23.4 Å². The molecule has 0 saturated heterocycles. The molecule has 0 amide bonds. The molecule has 1 N–H and O–H groups in total. The Labute approximate surface area is 148 Å². The summed E-state index contributed by atoms with van der Waals surface area (Å²) < 4.78 is 15.6. The number of esters is 1. The van der Waals surface area contributed by atoms with Gasteiger partial charge in [0.1, 0.15) is 0 Å². The van der Waals surface area contributed by atoms with E-state index in [1.54, 1.807) is 26.4 Å². The van der Waals surface area contributed by atoms with Crippen molar-refractivity contribution in [3.8, 4) is 11.5 Å². The summed E-state index contributed by atoms with van der Waals surface area (Å²) >= 11 is 0. The van der Waals surface area contributed by atoms with Crippen LogP contribution in [0.1, 0.15) is 39.2 Å². The van der Waals surface area contributed by atoms with Gasteiger partial charge in [-0.15, -0.1) is 0 Å². The van der Waals surface area contributed by atoms with E-state index in [9.17, 15) is 10.0 Å². The number of carbonyl (C=O) groups excluding carboxylic acids is 1. The van der Waals surface area contributed by atoms with E-state index in [-0.39, 0.29) is 11.9 Å². The highest BCUT2D eigenvalue weighted by atomic mass is 16.5. The average molecular weight is 349 g/mol. The first-order chi connectivity index (χ1) is 11.8. The lowest BCUT2D eigenvalue weighted by molar-refractivity contribution is -0.157. The van der Waals surface area contributed by atoms with Crippen molar-refractivity contribution in [1.29, 1.82) is 0 Å². The molecule has 1 saturated carbocycles. The lowest BCUT2D eigenvalue weighted by atomic mass is 9.64. The molecule has 138 valence electrons. The number of ether oxygens (including phenoxy) is 3. The van der Waals surface area contributed by atoms with E-state index >= 15 is 0 Å². The molecule has 1 aliphatic carbocycles. The summed E-state index contributed by atoms with van der Waals surface area (Å²) in [5, 5.41) is 13.3. The lowest BCUT2D eigenvalue weighted by Gasteiger charge is -2.39. The SMILES string of the molecule is COC(=O)C1(C)CCC(/C(=N/O)c2ccc(OC)c(OC)c2)C1(C)C. The Kier molecular flexibility index (Phi) is 5.30. The Hall–Kier alpha value is -2.24. The fourth-order valence-electron chi connectivity index (χ4n) is 3.89. The quantitative estimate of drug-likeness (QED) is 0.381. The topological polar surface area (TPSA) is 77.4 Å². The van der Waals surface area contributed by atoms with Crippen LogP contribution in [-0.2, 0) is 9.53 Å². The van der Waals surface area contributed by atoms with Gasteiger partial charge in [0.2, 0.25) is 0 Å². The third-order valence-electron chi connectivity index (χ3n) is 5.98. The number of hydrogen-bond acceptors (Lipinski definition) is 6. The van der Waals surface area contributed by atoms with Crippen LogP contribution in [0.5, 0.6) is 11.5 Å². The lowest BCUT2D eigenvalue weighted by Crippen LogP contribution is -2.43. The molecule has 2 atom stereocenters. The van der Waals surface area contributed by atoms with Crippen LogP contribution in [0.25, 0.3) is 0 Å². The fraction of sp³-hybridized carbons (Fsp3) is 0.579. The molecule has 2 rings (SSSR count). The smallest absolute Gasteiger partial charge is 0.312 e. The second-order valence-electron chi connectivity index (χ2n) is 7.19. The molecule has 0 aromatic heterocycles. The maximum absolute atomic E-state index is 12.4. The molecule has 0 spiro atoms. The first-order valence-electron chi connectivity index (χ1n) is 8.29. The van der Waals surface area contributed by atoms with Gasteiger partial charge in [0, 0.05) is 11.5 Å². The molecular formula is C19H27NO5. The molecule has 0 radical (unpaired) electrons. The number of hydrogen-bond donors (Lipinski definition) is 1. The maximum Gasteiger partial charge on any atom is 0.312 e. The summed E-state index contributed by atoms with van der Waals surface area (Å²) in [4.78, 5) is 12.4. The molecule has 1 aromatic carbocycles. The van der Waals surface area contributed by atoms with Crippen LogP contribution in [0.4, 0.5) is 0 Å². The van der Waals surface area contributed by atoms with E-state index < -0.39 is 10.8 Å². The third-order valence-corrected chi connectivity index (χ3v) is 5.98. The highest BCUT2D eigenvalue weighted by Crippen LogP contribution is 2.57. The van der Waals surface area contributed by atoms with Gasteiger partial charge < -0.3 is 19.4 Å². The average Bonchev–Trinajstić information content (AvgIpc) is 2.86. The summed E-state index contributed by atoms with van der Waals surface area (Å²) in [5.74, 6) is 0.839. The Morgan fingerprint density at radius 1 is 1.16 bits per heavy atom. The van der Waals surface area contributed by atoms with Crippen LogP contribution in [0.2, 0.25) is 0 Å². The minimum atomic E-state index is -0.640. The van der Waals surface area contributed by atoms with Gasteiger partial charge in [0.05, 0.1) is 32.5 Å². The summed E-state index contributed by atoms with van der Waals surface area (Å²) in [6.45, 7) is 5.96. The van der Waals surface area contributed by atoms with Gasteiger partial charge in [-0.2, -0.15) is 0 Å². The van der Waals surface area contributed by atoms with Crippen LogP contribution in [0.3, 0.4) is 0 Å². The molecule has 1 fully saturated rings. The van der Waals surface area contributed by atoms with Crippen LogP contribution in [0, 0.1) is 16.7 Å². The highest BCUT2D eigenvalue weighted by Gasteiger charge is 2.58. The Morgan fingerprint density at radius 2 is 1.80 bits per heavy atom. The molecule has 6 heteroatoms. The number of carbonyl (C=O) groups is 1. The van der Waals surface area contributed by atoms with Gasteiger partial charge in [0.15, 0.2) is 11.5 Å². The summed E-state index contributed by atoms with van der Waals surface area (Å²) in [6, 6.07) is 5.40. The van der Waals surface area contributed by atoms with Crippen molar-refractivity contribution in [2.75, 3.05) is 21.3 Å². The first kappa shape index (κ1) is 19.1. The van der Waals surface area contributed by atoms with Crippen molar-refractivity contribution in [3.63, 3.8) is 0 Å². The zero-order valence-corrected chi connectivity index (χ0v) is 15.8. The summed E-state index contributed by atoms with van der Waals surface area (Å²) in [5.41, 5.74) is 0.208. The van der Waals surface area contributed by atoms with Crippen LogP contribution < -0.4 is 9.47 Å². The van der Waals surface area contributed by atoms with Crippen molar-refractivity contribution in [3.05, 3.63) is 23.8 Å². The molecular weight excluding hydrogens is 322 g/mol. The van der Waals surface area contributed by atoms with Crippen molar-refractivity contribution >= 4 is 11.7 Å². The minimum absolute atomic E-state index is 0.0975. The molecule has 2 unspecified atom stereocenters. The fourth-order valence-corrected chi connectivity index (χ4v) is 3.89. The zero-order valence-electron chi connectivity index (χ0n) is 15.8. The maximum atomic E-state index is 12.4. The monoisotopic (exact) mass is 349 g/mol. The molecule has 6 nitrogen and oxygen atoms in total. The van der Waals surface area contributed by atoms with Crippen LogP contribution in [-0.4, -0.2) is 38.2 Å². The van der Waals surface area contributed by atoms with E-state index in [4.69, 9.17) is 14.2 Å². The number of rotatable bonds is 5. The predicted octanol–water partition coefficient (Wildman–Crippen LogP) is 3.50. The molecule has 1 aromatic rings. The molecule has 25 heavy (non-hydrogen) atoms. The number of nitrogens with zero attached hydrogens (tertiary/aromatic N) is 1. The van der Waals surface area contributed by atoms with E-state index in [1.165, 1.54) is 7.11 Å². The van der Waals surface area contributed by atoms with E-state index in [1.807, 2.05) is 26.8 Å². The largest absolute Gasteiger partial charge is 0.493 e. The van der Waals surface area contributed by atoms with Gasteiger partial charge in [0.25, 0.3) is 0 Å². The summed E-state index contributed by atoms with van der Waals surface area (Å²) in [6.07, 6.45) is 1.40. The Morgan fingerprint density at radius 3 is 2.32 bits per heavy atom. The Bertz CT molecular complexity index is 682. The van der Waals surface area contributed by atoms with Crippen molar-refractivity contribution < 1.29 is 24.2 Å². The molecule has 0 aliphatic heterocycles. The second-order valence-corrected chi connectivity index (χ2v) is 7.19. The van der Waals surface area contributed by atoms with Crippen molar-refractivity contribution in [2.24, 2.45) is 21.9 Å². The van der Waals surface area contributed by atoms with Crippen molar-refractivity contribution in [2.45, 2.75) is 33.6 Å². The Balaban J connectivity index is 2.45.